The maximum Gasteiger partial charge on any atom is 0.231 e. The number of rotatable bonds is 5. The van der Waals surface area contributed by atoms with Crippen molar-refractivity contribution < 1.29 is 14.2 Å². The molecule has 2 aromatic rings. The van der Waals surface area contributed by atoms with E-state index in [0.717, 1.165) is 28.4 Å². The van der Waals surface area contributed by atoms with E-state index in [1.807, 2.05) is 30.3 Å². The molecule has 2 aromatic carbocycles. The lowest BCUT2D eigenvalue weighted by Crippen LogP contribution is -2.36. The van der Waals surface area contributed by atoms with Crippen LogP contribution in [0, 0.1) is 6.92 Å². The average Bonchev–Trinajstić information content (AvgIpc) is 3.07. The molecule has 5 nitrogen and oxygen atoms in total. The molecule has 2 N–H and O–H groups in total. The number of ether oxygens (including phenoxy) is 3. The molecule has 1 heterocycles. The van der Waals surface area contributed by atoms with Gasteiger partial charge < -0.3 is 24.8 Å². The van der Waals surface area contributed by atoms with Gasteiger partial charge in [0, 0.05) is 12.1 Å². The number of hydrogen-bond acceptors (Lipinski definition) is 4. The summed E-state index contributed by atoms with van der Waals surface area (Å²) in [5, 5.41) is 7.12. The minimum atomic E-state index is 0.0339. The first-order valence-electron chi connectivity index (χ1n) is 8.14. The van der Waals surface area contributed by atoms with Crippen molar-refractivity contribution in [1.29, 1.82) is 0 Å². The average molecular weight is 358 g/mol. The van der Waals surface area contributed by atoms with Gasteiger partial charge in [0.1, 0.15) is 5.75 Å². The van der Waals surface area contributed by atoms with Gasteiger partial charge in [-0.15, -0.1) is 0 Å². The molecule has 0 amide bonds. The smallest absolute Gasteiger partial charge is 0.231 e. The van der Waals surface area contributed by atoms with E-state index in [9.17, 15) is 0 Å². The minimum absolute atomic E-state index is 0.0339. The monoisotopic (exact) mass is 358 g/mol. The summed E-state index contributed by atoms with van der Waals surface area (Å²) in [7, 11) is 1.68. The van der Waals surface area contributed by atoms with Crippen molar-refractivity contribution in [1.82, 2.24) is 10.6 Å². The van der Waals surface area contributed by atoms with Gasteiger partial charge >= 0.3 is 0 Å². The topological polar surface area (TPSA) is 51.8 Å². The Morgan fingerprint density at radius 3 is 2.80 bits per heavy atom. The Morgan fingerprint density at radius 2 is 2.00 bits per heavy atom. The van der Waals surface area contributed by atoms with E-state index in [2.05, 4.69) is 30.5 Å². The number of nitrogens with one attached hydrogen (secondary N) is 2. The summed E-state index contributed by atoms with van der Waals surface area (Å²) >= 11 is 5.42. The van der Waals surface area contributed by atoms with Gasteiger partial charge in [-0.3, -0.25) is 0 Å². The number of methoxy groups -OCH3 is 1. The Morgan fingerprint density at radius 1 is 1.20 bits per heavy atom. The van der Waals surface area contributed by atoms with Crippen molar-refractivity contribution in [3.8, 4) is 17.2 Å². The summed E-state index contributed by atoms with van der Waals surface area (Å²) in [4.78, 5) is 0. The lowest BCUT2D eigenvalue weighted by molar-refractivity contribution is 0.174. The molecule has 0 spiro atoms. The Hall–Kier alpha value is -2.47. The third kappa shape index (κ3) is 4.14. The van der Waals surface area contributed by atoms with Crippen molar-refractivity contribution in [3.05, 3.63) is 53.1 Å². The van der Waals surface area contributed by atoms with Gasteiger partial charge in [-0.25, -0.2) is 0 Å². The fourth-order valence-corrected chi connectivity index (χ4v) is 3.00. The van der Waals surface area contributed by atoms with Crippen molar-refractivity contribution in [2.24, 2.45) is 0 Å². The Balaban J connectivity index is 1.58. The molecule has 0 fully saturated rings. The summed E-state index contributed by atoms with van der Waals surface area (Å²) in [5.74, 6) is 2.41. The number of fused-ring (bicyclic) bond motifs is 1. The molecule has 0 saturated carbocycles. The molecule has 1 aliphatic heterocycles. The van der Waals surface area contributed by atoms with Crippen LogP contribution >= 0.6 is 12.2 Å². The van der Waals surface area contributed by atoms with Crippen LogP contribution in [0.3, 0.4) is 0 Å². The molecular weight excluding hydrogens is 336 g/mol. The van der Waals surface area contributed by atoms with Crippen LogP contribution in [-0.2, 0) is 6.54 Å². The number of hydrogen-bond donors (Lipinski definition) is 2. The van der Waals surface area contributed by atoms with Gasteiger partial charge in [-0.2, -0.15) is 0 Å². The van der Waals surface area contributed by atoms with E-state index in [1.165, 1.54) is 5.56 Å². The quantitative estimate of drug-likeness (QED) is 0.799. The highest BCUT2D eigenvalue weighted by molar-refractivity contribution is 7.80. The lowest BCUT2D eigenvalue weighted by atomic mass is 10.0. The van der Waals surface area contributed by atoms with E-state index in [1.54, 1.807) is 7.11 Å². The van der Waals surface area contributed by atoms with Crippen molar-refractivity contribution in [2.75, 3.05) is 13.9 Å². The minimum Gasteiger partial charge on any atom is -0.496 e. The maximum atomic E-state index is 5.45. The fourth-order valence-electron chi connectivity index (χ4n) is 2.75. The molecule has 25 heavy (non-hydrogen) atoms. The number of aryl methyl sites for hydroxylation is 1. The zero-order chi connectivity index (χ0) is 17.8. The van der Waals surface area contributed by atoms with Gasteiger partial charge in [0.15, 0.2) is 16.6 Å². The van der Waals surface area contributed by atoms with Gasteiger partial charge in [0.05, 0.1) is 13.2 Å². The first-order valence-corrected chi connectivity index (χ1v) is 8.55. The van der Waals surface area contributed by atoms with E-state index in [0.29, 0.717) is 11.7 Å². The van der Waals surface area contributed by atoms with Crippen LogP contribution < -0.4 is 24.8 Å². The van der Waals surface area contributed by atoms with Gasteiger partial charge in [-0.05, 0) is 49.8 Å². The second-order valence-electron chi connectivity index (χ2n) is 5.98. The highest BCUT2D eigenvalue weighted by atomic mass is 32.1. The molecule has 0 aromatic heterocycles. The van der Waals surface area contributed by atoms with Crippen LogP contribution in [-0.4, -0.2) is 19.0 Å². The molecule has 3 rings (SSSR count). The highest BCUT2D eigenvalue weighted by Gasteiger charge is 2.14. The first kappa shape index (κ1) is 17.4. The molecule has 1 aliphatic rings. The normalized spacial score (nSPS) is 13.2. The van der Waals surface area contributed by atoms with Crippen LogP contribution in [0.25, 0.3) is 0 Å². The van der Waals surface area contributed by atoms with E-state index < -0.39 is 0 Å². The largest absolute Gasteiger partial charge is 0.496 e. The first-order chi connectivity index (χ1) is 12.1. The number of thiocarbonyl (C=S) groups is 1. The molecule has 6 heteroatoms. The zero-order valence-electron chi connectivity index (χ0n) is 14.6. The SMILES string of the molecule is COc1ccc(C)cc1[C@H](C)NC(=S)NCc1ccc2c(c1)OCO2. The Bertz CT molecular complexity index is 779. The summed E-state index contributed by atoms with van der Waals surface area (Å²) in [5.41, 5.74) is 3.34. The molecule has 1 atom stereocenters. The summed E-state index contributed by atoms with van der Waals surface area (Å²) in [6.45, 7) is 5.01. The van der Waals surface area contributed by atoms with Crippen molar-refractivity contribution in [2.45, 2.75) is 26.4 Å². The molecule has 0 aliphatic carbocycles. The summed E-state index contributed by atoms with van der Waals surface area (Å²) in [6, 6.07) is 12.0. The van der Waals surface area contributed by atoms with Crippen molar-refractivity contribution in [3.63, 3.8) is 0 Å². The second kappa shape index (κ2) is 7.61. The van der Waals surface area contributed by atoms with Crippen LogP contribution in [0.4, 0.5) is 0 Å². The summed E-state index contributed by atoms with van der Waals surface area (Å²) < 4.78 is 16.2. The number of benzene rings is 2. The maximum absolute atomic E-state index is 5.45. The van der Waals surface area contributed by atoms with E-state index in [-0.39, 0.29) is 12.8 Å². The van der Waals surface area contributed by atoms with Crippen LogP contribution in [0.5, 0.6) is 17.2 Å². The van der Waals surface area contributed by atoms with Crippen LogP contribution in [0.15, 0.2) is 36.4 Å². The third-order valence-electron chi connectivity index (χ3n) is 4.09. The predicted octanol–water partition coefficient (Wildman–Crippen LogP) is 3.46. The molecule has 0 saturated heterocycles. The molecule has 0 radical (unpaired) electrons. The van der Waals surface area contributed by atoms with Crippen LogP contribution in [0.2, 0.25) is 0 Å². The van der Waals surface area contributed by atoms with Crippen LogP contribution in [0.1, 0.15) is 29.7 Å². The molecule has 0 bridgehead atoms. The predicted molar refractivity (Wildman–Crippen MR) is 101 cm³/mol. The molecular formula is C19H22N2O3S. The third-order valence-corrected chi connectivity index (χ3v) is 4.35. The summed E-state index contributed by atoms with van der Waals surface area (Å²) in [6.07, 6.45) is 0. The van der Waals surface area contributed by atoms with Crippen molar-refractivity contribution >= 4 is 17.3 Å². The van der Waals surface area contributed by atoms with Gasteiger partial charge in [0.2, 0.25) is 6.79 Å². The fraction of sp³-hybridized carbons (Fsp3) is 0.316. The van der Waals surface area contributed by atoms with Gasteiger partial charge in [0.25, 0.3) is 0 Å². The van der Waals surface area contributed by atoms with Gasteiger partial charge in [-0.1, -0.05) is 23.8 Å². The second-order valence-corrected chi connectivity index (χ2v) is 6.39. The zero-order valence-corrected chi connectivity index (χ0v) is 15.4. The molecule has 132 valence electrons. The Kier molecular flexibility index (Phi) is 5.28. The lowest BCUT2D eigenvalue weighted by Gasteiger charge is -2.20. The highest BCUT2D eigenvalue weighted by Crippen LogP contribution is 2.32. The van der Waals surface area contributed by atoms with E-state index >= 15 is 0 Å². The standard InChI is InChI=1S/C19H22N2O3S/c1-12-4-6-16(22-3)15(8-12)13(2)21-19(25)20-10-14-5-7-17-18(9-14)24-11-23-17/h4-9,13H,10-11H2,1-3H3,(H2,20,21,25)/t13-/m0/s1. The van der Waals surface area contributed by atoms with E-state index in [4.69, 9.17) is 26.4 Å². The Labute approximate surface area is 153 Å². The molecule has 0 unspecified atom stereocenters.